The number of furan rings is 1. The van der Waals surface area contributed by atoms with Gasteiger partial charge in [-0.2, -0.15) is 5.10 Å². The van der Waals surface area contributed by atoms with E-state index in [1.807, 2.05) is 65.7 Å². The number of carbonyl (C=O) groups excluding carboxylic acids is 2. The summed E-state index contributed by atoms with van der Waals surface area (Å²) in [5.41, 5.74) is 1.76. The van der Waals surface area contributed by atoms with E-state index < -0.39 is 0 Å². The summed E-state index contributed by atoms with van der Waals surface area (Å²) >= 11 is 7.50. The third-order valence-corrected chi connectivity index (χ3v) is 7.53. The molecule has 2 aromatic heterocycles. The highest BCUT2D eigenvalue weighted by Crippen LogP contribution is 2.34. The number of amides is 2. The first-order chi connectivity index (χ1) is 16.5. The van der Waals surface area contributed by atoms with Crippen LogP contribution in [0.15, 0.2) is 69.7 Å². The van der Waals surface area contributed by atoms with Gasteiger partial charge in [-0.15, -0.1) is 11.3 Å². The van der Waals surface area contributed by atoms with Gasteiger partial charge in [-0.3, -0.25) is 14.5 Å². The quantitative estimate of drug-likeness (QED) is 0.521. The van der Waals surface area contributed by atoms with Crippen LogP contribution in [-0.2, 0) is 4.79 Å². The van der Waals surface area contributed by atoms with Gasteiger partial charge in [0.25, 0.3) is 11.8 Å². The van der Waals surface area contributed by atoms with E-state index in [0.29, 0.717) is 43.4 Å². The maximum absolute atomic E-state index is 13.6. The molecule has 2 atom stereocenters. The Labute approximate surface area is 207 Å². The molecule has 4 heterocycles. The lowest BCUT2D eigenvalue weighted by Crippen LogP contribution is -2.55. The SMILES string of the molecule is CC(C(=O)N1N=C(c2ccc(Cl)cc2)CC1c1ccco1)N1CCN(C(=O)c2cccs2)CC1. The van der Waals surface area contributed by atoms with Crippen LogP contribution in [0, 0.1) is 0 Å². The van der Waals surface area contributed by atoms with Crippen LogP contribution in [-0.4, -0.2) is 64.6 Å². The molecule has 0 saturated carbocycles. The van der Waals surface area contributed by atoms with Crippen LogP contribution in [0.3, 0.4) is 0 Å². The second-order valence-electron chi connectivity index (χ2n) is 8.45. The third-order valence-electron chi connectivity index (χ3n) is 6.42. The summed E-state index contributed by atoms with van der Waals surface area (Å²) in [6.07, 6.45) is 2.18. The predicted octanol–water partition coefficient (Wildman–Crippen LogP) is 4.52. The van der Waals surface area contributed by atoms with E-state index in [0.717, 1.165) is 16.2 Å². The molecule has 1 fully saturated rings. The summed E-state index contributed by atoms with van der Waals surface area (Å²) in [7, 11) is 0. The molecule has 2 aliphatic heterocycles. The molecule has 0 N–H and O–H groups in total. The fourth-order valence-electron chi connectivity index (χ4n) is 4.45. The van der Waals surface area contributed by atoms with Crippen LogP contribution in [0.1, 0.15) is 40.4 Å². The van der Waals surface area contributed by atoms with Crippen molar-refractivity contribution in [3.05, 3.63) is 81.4 Å². The van der Waals surface area contributed by atoms with Crippen molar-refractivity contribution in [3.8, 4) is 0 Å². The lowest BCUT2D eigenvalue weighted by atomic mass is 10.0. The van der Waals surface area contributed by atoms with E-state index in [4.69, 9.17) is 21.1 Å². The molecule has 2 unspecified atom stereocenters. The molecule has 34 heavy (non-hydrogen) atoms. The minimum absolute atomic E-state index is 0.0586. The smallest absolute Gasteiger partial charge is 0.264 e. The number of hydrogen-bond acceptors (Lipinski definition) is 6. The number of nitrogens with zero attached hydrogens (tertiary/aromatic N) is 4. The van der Waals surface area contributed by atoms with Gasteiger partial charge in [0.2, 0.25) is 0 Å². The largest absolute Gasteiger partial charge is 0.467 e. The van der Waals surface area contributed by atoms with Crippen molar-refractivity contribution < 1.29 is 14.0 Å². The Kier molecular flexibility index (Phi) is 6.54. The molecule has 7 nitrogen and oxygen atoms in total. The molecule has 2 aliphatic rings. The van der Waals surface area contributed by atoms with Gasteiger partial charge in [-0.05, 0) is 48.2 Å². The van der Waals surface area contributed by atoms with Gasteiger partial charge in [0.1, 0.15) is 11.8 Å². The van der Waals surface area contributed by atoms with Crippen LogP contribution in [0.5, 0.6) is 0 Å². The van der Waals surface area contributed by atoms with Crippen molar-refractivity contribution in [1.82, 2.24) is 14.8 Å². The zero-order chi connectivity index (χ0) is 23.7. The molecule has 0 aliphatic carbocycles. The number of hydrazone groups is 1. The van der Waals surface area contributed by atoms with E-state index in [1.54, 1.807) is 11.3 Å². The molecule has 1 aromatic carbocycles. The summed E-state index contributed by atoms with van der Waals surface area (Å²) in [4.78, 5) is 31.0. The van der Waals surface area contributed by atoms with Crippen LogP contribution < -0.4 is 0 Å². The maximum Gasteiger partial charge on any atom is 0.264 e. The van der Waals surface area contributed by atoms with Gasteiger partial charge >= 0.3 is 0 Å². The van der Waals surface area contributed by atoms with Crippen molar-refractivity contribution in [2.45, 2.75) is 25.4 Å². The van der Waals surface area contributed by atoms with Gasteiger partial charge in [0.15, 0.2) is 0 Å². The first-order valence-corrected chi connectivity index (χ1v) is 12.5. The first-order valence-electron chi connectivity index (χ1n) is 11.3. The summed E-state index contributed by atoms with van der Waals surface area (Å²) in [6, 6.07) is 14.3. The number of halogens is 1. The van der Waals surface area contributed by atoms with Crippen molar-refractivity contribution in [3.63, 3.8) is 0 Å². The second kappa shape index (κ2) is 9.74. The van der Waals surface area contributed by atoms with Gasteiger partial charge in [-0.25, -0.2) is 5.01 Å². The van der Waals surface area contributed by atoms with Crippen molar-refractivity contribution in [2.75, 3.05) is 26.2 Å². The lowest BCUT2D eigenvalue weighted by molar-refractivity contribution is -0.139. The molecule has 0 spiro atoms. The first kappa shape index (κ1) is 22.8. The van der Waals surface area contributed by atoms with Crippen molar-refractivity contribution >= 4 is 40.5 Å². The molecule has 176 valence electrons. The standard InChI is InChI=1S/C25H25ClN4O3S/c1-17(28-10-12-29(13-11-28)25(32)23-5-3-15-34-23)24(31)30-21(22-4-2-14-33-22)16-20(27-30)18-6-8-19(26)9-7-18/h2-9,14-15,17,21H,10-13,16H2,1H3. The van der Waals surface area contributed by atoms with Crippen LogP contribution in [0.4, 0.5) is 0 Å². The lowest BCUT2D eigenvalue weighted by Gasteiger charge is -2.38. The van der Waals surface area contributed by atoms with Gasteiger partial charge in [0.05, 0.1) is 22.9 Å². The summed E-state index contributed by atoms with van der Waals surface area (Å²) in [5.74, 6) is 0.686. The van der Waals surface area contributed by atoms with Crippen LogP contribution in [0.25, 0.3) is 0 Å². The molecular formula is C25H25ClN4O3S. The van der Waals surface area contributed by atoms with E-state index in [-0.39, 0.29) is 23.9 Å². The van der Waals surface area contributed by atoms with Gasteiger partial charge < -0.3 is 9.32 Å². The number of thiophene rings is 1. The fraction of sp³-hybridized carbons (Fsp3) is 0.320. The summed E-state index contributed by atoms with van der Waals surface area (Å²) < 4.78 is 5.66. The number of piperazine rings is 1. The number of hydrogen-bond donors (Lipinski definition) is 0. The molecular weight excluding hydrogens is 472 g/mol. The third kappa shape index (κ3) is 4.53. The minimum atomic E-state index is -0.371. The Balaban J connectivity index is 1.30. The Morgan fingerprint density at radius 2 is 1.85 bits per heavy atom. The van der Waals surface area contributed by atoms with Crippen LogP contribution in [0.2, 0.25) is 5.02 Å². The number of benzene rings is 1. The highest BCUT2D eigenvalue weighted by atomic mass is 35.5. The van der Waals surface area contributed by atoms with E-state index in [1.165, 1.54) is 11.3 Å². The normalized spacial score (nSPS) is 19.8. The van der Waals surface area contributed by atoms with Gasteiger partial charge in [-0.1, -0.05) is 29.8 Å². The van der Waals surface area contributed by atoms with Crippen molar-refractivity contribution in [2.24, 2.45) is 5.10 Å². The topological polar surface area (TPSA) is 69.4 Å². The molecule has 0 radical (unpaired) electrons. The Morgan fingerprint density at radius 3 is 2.50 bits per heavy atom. The Morgan fingerprint density at radius 1 is 1.09 bits per heavy atom. The van der Waals surface area contributed by atoms with E-state index >= 15 is 0 Å². The minimum Gasteiger partial charge on any atom is -0.467 e. The van der Waals surface area contributed by atoms with Crippen molar-refractivity contribution in [1.29, 1.82) is 0 Å². The number of carbonyl (C=O) groups is 2. The molecule has 9 heteroatoms. The number of rotatable bonds is 5. The second-order valence-corrected chi connectivity index (χ2v) is 9.84. The predicted molar refractivity (Wildman–Crippen MR) is 132 cm³/mol. The molecule has 5 rings (SSSR count). The Bertz CT molecular complexity index is 1170. The highest BCUT2D eigenvalue weighted by molar-refractivity contribution is 7.12. The monoisotopic (exact) mass is 496 g/mol. The molecule has 0 bridgehead atoms. The van der Waals surface area contributed by atoms with Crippen LogP contribution >= 0.6 is 22.9 Å². The molecule has 1 saturated heterocycles. The molecule has 3 aromatic rings. The maximum atomic E-state index is 13.6. The van der Waals surface area contributed by atoms with E-state index in [9.17, 15) is 9.59 Å². The average Bonchev–Trinajstić information content (AvgIpc) is 3.64. The molecule has 2 amide bonds. The zero-order valence-electron chi connectivity index (χ0n) is 18.8. The summed E-state index contributed by atoms with van der Waals surface area (Å²) in [6.45, 7) is 4.37. The highest BCUT2D eigenvalue weighted by Gasteiger charge is 2.39. The fourth-order valence-corrected chi connectivity index (χ4v) is 5.27. The van der Waals surface area contributed by atoms with E-state index in [2.05, 4.69) is 4.90 Å². The Hall–Kier alpha value is -2.94. The summed E-state index contributed by atoms with van der Waals surface area (Å²) in [5, 5.41) is 8.86. The van der Waals surface area contributed by atoms with Gasteiger partial charge in [0, 0.05) is 37.6 Å². The zero-order valence-corrected chi connectivity index (χ0v) is 20.3. The average molecular weight is 497 g/mol.